The van der Waals surface area contributed by atoms with Crippen LogP contribution < -0.4 is 10.6 Å². The highest BCUT2D eigenvalue weighted by molar-refractivity contribution is 7.11. The molecule has 0 radical (unpaired) electrons. The van der Waals surface area contributed by atoms with E-state index in [9.17, 15) is 0 Å². The van der Waals surface area contributed by atoms with Gasteiger partial charge in [-0.1, -0.05) is 24.3 Å². The predicted octanol–water partition coefficient (Wildman–Crippen LogP) is 3.86. The Labute approximate surface area is 154 Å². The number of aliphatic imine (C=N–C) groups is 1. The van der Waals surface area contributed by atoms with E-state index in [0.717, 1.165) is 29.8 Å². The van der Waals surface area contributed by atoms with Crippen molar-refractivity contribution >= 4 is 17.3 Å². The summed E-state index contributed by atoms with van der Waals surface area (Å²) in [5.74, 6) is 0.896. The third-order valence-corrected chi connectivity index (χ3v) is 5.95. The fraction of sp³-hybridized carbons (Fsp3) is 0.500. The minimum Gasteiger partial charge on any atom is -0.357 e. The zero-order valence-electron chi connectivity index (χ0n) is 15.6. The van der Waals surface area contributed by atoms with E-state index in [1.165, 1.54) is 28.8 Å². The van der Waals surface area contributed by atoms with Crippen molar-refractivity contribution in [3.8, 4) is 0 Å². The Kier molecular flexibility index (Phi) is 5.42. The van der Waals surface area contributed by atoms with Crippen LogP contribution in [0.2, 0.25) is 0 Å². The summed E-state index contributed by atoms with van der Waals surface area (Å²) in [7, 11) is 0. The Morgan fingerprint density at radius 1 is 1.20 bits per heavy atom. The number of guanidine groups is 1. The van der Waals surface area contributed by atoms with Crippen molar-refractivity contribution in [3.63, 3.8) is 0 Å². The molecule has 1 fully saturated rings. The lowest BCUT2D eigenvalue weighted by molar-refractivity contribution is 0.642. The van der Waals surface area contributed by atoms with Gasteiger partial charge in [0, 0.05) is 23.4 Å². The number of aromatic nitrogens is 1. The van der Waals surface area contributed by atoms with Crippen molar-refractivity contribution in [2.45, 2.75) is 52.5 Å². The third kappa shape index (κ3) is 4.21. The summed E-state index contributed by atoms with van der Waals surface area (Å²) in [6.45, 7) is 10.9. The molecule has 1 heterocycles. The van der Waals surface area contributed by atoms with E-state index in [1.807, 2.05) is 6.92 Å². The Balaban J connectivity index is 1.67. The average Bonchev–Trinajstić information content (AvgIpc) is 3.30. The van der Waals surface area contributed by atoms with E-state index >= 15 is 0 Å². The van der Waals surface area contributed by atoms with Gasteiger partial charge in [-0.2, -0.15) is 0 Å². The minimum atomic E-state index is 0.276. The van der Waals surface area contributed by atoms with Crippen LogP contribution in [0.4, 0.5) is 0 Å². The molecule has 2 aromatic rings. The highest BCUT2D eigenvalue weighted by Gasteiger charge is 2.44. The molecule has 25 heavy (non-hydrogen) atoms. The summed E-state index contributed by atoms with van der Waals surface area (Å²) >= 11 is 1.74. The third-order valence-electron chi connectivity index (χ3n) is 4.89. The molecule has 0 spiro atoms. The summed E-state index contributed by atoms with van der Waals surface area (Å²) in [6.07, 6.45) is 2.49. The summed E-state index contributed by atoms with van der Waals surface area (Å²) < 4.78 is 0. The van der Waals surface area contributed by atoms with Gasteiger partial charge < -0.3 is 10.6 Å². The fourth-order valence-electron chi connectivity index (χ4n) is 3.33. The molecule has 1 aromatic carbocycles. The lowest BCUT2D eigenvalue weighted by Gasteiger charge is -2.20. The first-order valence-corrected chi connectivity index (χ1v) is 9.87. The van der Waals surface area contributed by atoms with Gasteiger partial charge in [0.2, 0.25) is 0 Å². The SMILES string of the molecule is CCNC(=NCc1sc(C)nc1C)NCC1(c2ccccc2C)CC1. The number of benzene rings is 1. The first-order chi connectivity index (χ1) is 12.0. The van der Waals surface area contributed by atoms with Gasteiger partial charge in [-0.05, 0) is 51.7 Å². The predicted molar refractivity (Wildman–Crippen MR) is 106 cm³/mol. The second kappa shape index (κ2) is 7.56. The maximum atomic E-state index is 4.77. The molecule has 4 nitrogen and oxygen atoms in total. The van der Waals surface area contributed by atoms with Crippen LogP contribution in [-0.4, -0.2) is 24.0 Å². The summed E-state index contributed by atoms with van der Waals surface area (Å²) in [4.78, 5) is 10.5. The number of nitrogens with one attached hydrogen (secondary N) is 2. The zero-order valence-corrected chi connectivity index (χ0v) is 16.5. The second-order valence-electron chi connectivity index (χ2n) is 6.89. The first kappa shape index (κ1) is 17.9. The van der Waals surface area contributed by atoms with E-state index < -0.39 is 0 Å². The Morgan fingerprint density at radius 2 is 1.96 bits per heavy atom. The molecule has 0 atom stereocenters. The second-order valence-corrected chi connectivity index (χ2v) is 8.17. The number of nitrogens with zero attached hydrogens (tertiary/aromatic N) is 2. The summed E-state index contributed by atoms with van der Waals surface area (Å²) in [5.41, 5.74) is 4.24. The van der Waals surface area contributed by atoms with E-state index in [-0.39, 0.29) is 5.41 Å². The first-order valence-electron chi connectivity index (χ1n) is 9.05. The number of hydrogen-bond acceptors (Lipinski definition) is 3. The van der Waals surface area contributed by atoms with Crippen LogP contribution >= 0.6 is 11.3 Å². The van der Waals surface area contributed by atoms with Crippen molar-refractivity contribution in [1.29, 1.82) is 0 Å². The zero-order chi connectivity index (χ0) is 17.9. The van der Waals surface area contributed by atoms with Crippen LogP contribution in [0.1, 0.15) is 46.5 Å². The van der Waals surface area contributed by atoms with Crippen LogP contribution in [0.25, 0.3) is 0 Å². The largest absolute Gasteiger partial charge is 0.357 e. The average molecular weight is 357 g/mol. The number of hydrogen-bond donors (Lipinski definition) is 2. The van der Waals surface area contributed by atoms with Crippen molar-refractivity contribution in [2.24, 2.45) is 4.99 Å². The quantitative estimate of drug-likeness (QED) is 0.610. The Bertz CT molecular complexity index is 759. The van der Waals surface area contributed by atoms with Gasteiger partial charge in [-0.3, -0.25) is 0 Å². The Morgan fingerprint density at radius 3 is 2.56 bits per heavy atom. The van der Waals surface area contributed by atoms with Crippen LogP contribution in [0.3, 0.4) is 0 Å². The van der Waals surface area contributed by atoms with Gasteiger partial charge in [-0.25, -0.2) is 9.98 Å². The molecule has 134 valence electrons. The van der Waals surface area contributed by atoms with Gasteiger partial charge >= 0.3 is 0 Å². The van der Waals surface area contributed by atoms with E-state index in [4.69, 9.17) is 4.99 Å². The number of thiazole rings is 1. The molecule has 3 rings (SSSR count). The minimum absolute atomic E-state index is 0.276. The Hall–Kier alpha value is -1.88. The van der Waals surface area contributed by atoms with Crippen molar-refractivity contribution in [3.05, 3.63) is 51.0 Å². The topological polar surface area (TPSA) is 49.3 Å². The van der Waals surface area contributed by atoms with Crippen LogP contribution in [-0.2, 0) is 12.0 Å². The molecular weight excluding hydrogens is 328 g/mol. The maximum Gasteiger partial charge on any atom is 0.191 e. The van der Waals surface area contributed by atoms with E-state index in [0.29, 0.717) is 6.54 Å². The molecule has 0 bridgehead atoms. The lowest BCUT2D eigenvalue weighted by atomic mass is 9.92. The van der Waals surface area contributed by atoms with Crippen LogP contribution in [0.5, 0.6) is 0 Å². The highest BCUT2D eigenvalue weighted by atomic mass is 32.1. The molecule has 1 aliphatic rings. The van der Waals surface area contributed by atoms with Gasteiger partial charge in [0.1, 0.15) is 0 Å². The fourth-order valence-corrected chi connectivity index (χ4v) is 4.19. The van der Waals surface area contributed by atoms with Gasteiger partial charge in [0.05, 0.1) is 17.2 Å². The van der Waals surface area contributed by atoms with Gasteiger partial charge in [-0.15, -0.1) is 11.3 Å². The smallest absolute Gasteiger partial charge is 0.191 e. The molecule has 2 N–H and O–H groups in total. The van der Waals surface area contributed by atoms with Crippen LogP contribution in [0.15, 0.2) is 29.3 Å². The molecule has 1 saturated carbocycles. The van der Waals surface area contributed by atoms with Crippen molar-refractivity contribution in [1.82, 2.24) is 15.6 Å². The molecular formula is C20H28N4S. The molecule has 0 saturated heterocycles. The van der Waals surface area contributed by atoms with Gasteiger partial charge in [0.25, 0.3) is 0 Å². The van der Waals surface area contributed by atoms with Crippen molar-refractivity contribution in [2.75, 3.05) is 13.1 Å². The lowest BCUT2D eigenvalue weighted by Crippen LogP contribution is -2.41. The highest BCUT2D eigenvalue weighted by Crippen LogP contribution is 2.48. The normalized spacial score (nSPS) is 15.9. The van der Waals surface area contributed by atoms with Crippen LogP contribution in [0, 0.1) is 20.8 Å². The molecule has 0 amide bonds. The monoisotopic (exact) mass is 356 g/mol. The van der Waals surface area contributed by atoms with Crippen molar-refractivity contribution < 1.29 is 0 Å². The number of aryl methyl sites for hydroxylation is 3. The van der Waals surface area contributed by atoms with E-state index in [1.54, 1.807) is 11.3 Å². The molecule has 0 aliphatic heterocycles. The standard InChI is InChI=1S/C20H28N4S/c1-5-21-19(22-12-18-15(3)24-16(4)25-18)23-13-20(10-11-20)17-9-7-6-8-14(17)2/h6-9H,5,10-13H2,1-4H3,(H2,21,22,23). The van der Waals surface area contributed by atoms with Gasteiger partial charge in [0.15, 0.2) is 5.96 Å². The molecule has 1 aliphatic carbocycles. The molecule has 5 heteroatoms. The maximum absolute atomic E-state index is 4.77. The summed E-state index contributed by atoms with van der Waals surface area (Å²) in [6, 6.07) is 8.75. The molecule has 1 aromatic heterocycles. The number of rotatable bonds is 6. The molecule has 0 unspecified atom stereocenters. The van der Waals surface area contributed by atoms with E-state index in [2.05, 4.69) is 60.7 Å². The summed E-state index contributed by atoms with van der Waals surface area (Å²) in [5, 5.41) is 8.05.